The van der Waals surface area contributed by atoms with E-state index in [1.165, 1.54) is 11.3 Å². The third-order valence-corrected chi connectivity index (χ3v) is 4.29. The third kappa shape index (κ3) is 2.70. The van der Waals surface area contributed by atoms with Crippen LogP contribution in [0.25, 0.3) is 0 Å². The largest absolute Gasteiger partial charge is 0.477 e. The van der Waals surface area contributed by atoms with Gasteiger partial charge in [-0.1, -0.05) is 6.92 Å². The molecule has 4 nitrogen and oxygen atoms in total. The molecule has 0 radical (unpaired) electrons. The summed E-state index contributed by atoms with van der Waals surface area (Å²) < 4.78 is 0. The van der Waals surface area contributed by atoms with E-state index in [2.05, 4.69) is 9.97 Å². The van der Waals surface area contributed by atoms with Gasteiger partial charge in [0.15, 0.2) is 0 Å². The zero-order valence-electron chi connectivity index (χ0n) is 9.56. The summed E-state index contributed by atoms with van der Waals surface area (Å²) in [5.41, 5.74) is 1.67. The Bertz CT molecular complexity index is 545. The van der Waals surface area contributed by atoms with Gasteiger partial charge in [0, 0.05) is 11.1 Å². The van der Waals surface area contributed by atoms with Crippen molar-refractivity contribution < 1.29 is 9.90 Å². The van der Waals surface area contributed by atoms with E-state index in [1.807, 2.05) is 19.2 Å². The summed E-state index contributed by atoms with van der Waals surface area (Å²) in [6.45, 7) is 3.86. The van der Waals surface area contributed by atoms with Crippen LogP contribution in [0.2, 0.25) is 0 Å². The number of thiazole rings is 2. The highest BCUT2D eigenvalue weighted by molar-refractivity contribution is 7.14. The monoisotopic (exact) mass is 268 g/mol. The van der Waals surface area contributed by atoms with E-state index in [0.717, 1.165) is 15.7 Å². The summed E-state index contributed by atoms with van der Waals surface area (Å²) in [4.78, 5) is 20.1. The van der Waals surface area contributed by atoms with E-state index in [-0.39, 0.29) is 0 Å². The van der Waals surface area contributed by atoms with E-state index >= 15 is 0 Å². The van der Waals surface area contributed by atoms with Gasteiger partial charge in [-0.25, -0.2) is 14.8 Å². The van der Waals surface area contributed by atoms with Gasteiger partial charge >= 0.3 is 5.97 Å². The quantitative estimate of drug-likeness (QED) is 0.926. The Morgan fingerprint density at radius 1 is 1.41 bits per heavy atom. The Hall–Kier alpha value is -1.27. The number of aromatic nitrogens is 2. The molecule has 0 bridgehead atoms. The highest BCUT2D eigenvalue weighted by Crippen LogP contribution is 2.23. The molecule has 0 aliphatic carbocycles. The number of hydrogen-bond donors (Lipinski definition) is 1. The molecule has 1 N–H and O–H groups in total. The summed E-state index contributed by atoms with van der Waals surface area (Å²) in [5.74, 6) is -0.888. The van der Waals surface area contributed by atoms with Crippen molar-refractivity contribution in [3.63, 3.8) is 0 Å². The van der Waals surface area contributed by atoms with Crippen LogP contribution in [-0.4, -0.2) is 21.0 Å². The molecule has 0 fully saturated rings. The molecule has 2 rings (SSSR count). The lowest BCUT2D eigenvalue weighted by Crippen LogP contribution is -1.97. The first-order valence-electron chi connectivity index (χ1n) is 5.23. The number of carboxylic acids is 1. The van der Waals surface area contributed by atoms with Gasteiger partial charge in [-0.3, -0.25) is 0 Å². The predicted octanol–water partition coefficient (Wildman–Crippen LogP) is 2.76. The Labute approximate surface area is 107 Å². The Balaban J connectivity index is 2.25. The Morgan fingerprint density at radius 3 is 2.65 bits per heavy atom. The zero-order chi connectivity index (χ0) is 12.4. The molecular formula is C11H12N2O2S2. The molecule has 2 heterocycles. The van der Waals surface area contributed by atoms with Crippen molar-refractivity contribution in [2.24, 2.45) is 0 Å². The number of aryl methyl sites for hydroxylation is 2. The summed E-state index contributed by atoms with van der Waals surface area (Å²) in [6.07, 6.45) is 1.28. The molecule has 90 valence electrons. The van der Waals surface area contributed by atoms with E-state index in [9.17, 15) is 4.79 Å². The first-order valence-corrected chi connectivity index (χ1v) is 6.92. The molecule has 0 amide bonds. The van der Waals surface area contributed by atoms with Crippen molar-refractivity contribution in [2.45, 2.75) is 26.7 Å². The maximum absolute atomic E-state index is 11.0. The van der Waals surface area contributed by atoms with Crippen LogP contribution in [0.4, 0.5) is 0 Å². The number of nitrogens with zero attached hydrogens (tertiary/aromatic N) is 2. The van der Waals surface area contributed by atoms with Crippen molar-refractivity contribution in [1.29, 1.82) is 0 Å². The number of aromatic carboxylic acids is 1. The predicted molar refractivity (Wildman–Crippen MR) is 68.1 cm³/mol. The Kier molecular flexibility index (Phi) is 3.54. The molecule has 0 atom stereocenters. The zero-order valence-corrected chi connectivity index (χ0v) is 11.2. The highest BCUT2D eigenvalue weighted by Gasteiger charge is 2.16. The SMILES string of the molecule is CCc1nc(Cc2nc(C)cs2)sc1C(=O)O. The van der Waals surface area contributed by atoms with Crippen molar-refractivity contribution in [2.75, 3.05) is 0 Å². The van der Waals surface area contributed by atoms with Crippen molar-refractivity contribution in [3.8, 4) is 0 Å². The molecule has 2 aromatic heterocycles. The van der Waals surface area contributed by atoms with E-state index < -0.39 is 5.97 Å². The summed E-state index contributed by atoms with van der Waals surface area (Å²) >= 11 is 2.84. The van der Waals surface area contributed by atoms with E-state index in [0.29, 0.717) is 23.4 Å². The van der Waals surface area contributed by atoms with Gasteiger partial charge in [0.25, 0.3) is 0 Å². The molecule has 0 aliphatic heterocycles. The maximum atomic E-state index is 11.0. The lowest BCUT2D eigenvalue weighted by atomic mass is 10.3. The number of carboxylic acid groups (broad SMARTS) is 1. The van der Waals surface area contributed by atoms with Gasteiger partial charge in [-0.2, -0.15) is 0 Å². The van der Waals surface area contributed by atoms with E-state index in [4.69, 9.17) is 5.11 Å². The van der Waals surface area contributed by atoms with Crippen LogP contribution in [0.5, 0.6) is 0 Å². The van der Waals surface area contributed by atoms with Gasteiger partial charge in [0.2, 0.25) is 0 Å². The second-order valence-electron chi connectivity index (χ2n) is 3.60. The van der Waals surface area contributed by atoms with Gasteiger partial charge in [0.05, 0.1) is 17.1 Å². The van der Waals surface area contributed by atoms with Crippen LogP contribution in [0, 0.1) is 6.92 Å². The summed E-state index contributed by atoms with van der Waals surface area (Å²) in [6, 6.07) is 0. The molecule has 17 heavy (non-hydrogen) atoms. The second-order valence-corrected chi connectivity index (χ2v) is 5.63. The highest BCUT2D eigenvalue weighted by atomic mass is 32.1. The van der Waals surface area contributed by atoms with E-state index in [1.54, 1.807) is 11.3 Å². The molecule has 0 saturated heterocycles. The standard InChI is InChI=1S/C11H12N2O2S2/c1-3-7-10(11(14)15)17-9(13-7)4-8-12-6(2)5-16-8/h5H,3-4H2,1-2H3,(H,14,15). The van der Waals surface area contributed by atoms with Crippen LogP contribution in [0.15, 0.2) is 5.38 Å². The number of hydrogen-bond acceptors (Lipinski definition) is 5. The molecule has 6 heteroatoms. The molecule has 0 spiro atoms. The molecule has 0 aliphatic rings. The van der Waals surface area contributed by atoms with Crippen LogP contribution < -0.4 is 0 Å². The summed E-state index contributed by atoms with van der Waals surface area (Å²) in [5, 5.41) is 12.8. The minimum Gasteiger partial charge on any atom is -0.477 e. The van der Waals surface area contributed by atoms with Crippen LogP contribution in [0.3, 0.4) is 0 Å². The maximum Gasteiger partial charge on any atom is 0.347 e. The number of carbonyl (C=O) groups is 1. The second kappa shape index (κ2) is 4.93. The molecule has 2 aromatic rings. The normalized spacial score (nSPS) is 10.7. The molecule has 0 unspecified atom stereocenters. The minimum absolute atomic E-state index is 0.357. The summed E-state index contributed by atoms with van der Waals surface area (Å²) in [7, 11) is 0. The van der Waals surface area contributed by atoms with Crippen molar-refractivity contribution in [3.05, 3.63) is 31.7 Å². The van der Waals surface area contributed by atoms with Gasteiger partial charge < -0.3 is 5.11 Å². The van der Waals surface area contributed by atoms with Gasteiger partial charge in [0.1, 0.15) is 9.88 Å². The minimum atomic E-state index is -0.888. The first kappa shape index (κ1) is 12.2. The topological polar surface area (TPSA) is 63.1 Å². The average Bonchev–Trinajstić information content (AvgIpc) is 2.85. The fourth-order valence-corrected chi connectivity index (χ4v) is 3.36. The molecular weight excluding hydrogens is 256 g/mol. The van der Waals surface area contributed by atoms with Crippen molar-refractivity contribution in [1.82, 2.24) is 9.97 Å². The van der Waals surface area contributed by atoms with Gasteiger partial charge in [-0.05, 0) is 13.3 Å². The average molecular weight is 268 g/mol. The lowest BCUT2D eigenvalue weighted by Gasteiger charge is -1.90. The first-order chi connectivity index (χ1) is 8.10. The van der Waals surface area contributed by atoms with Crippen LogP contribution in [0.1, 0.15) is 38.0 Å². The smallest absolute Gasteiger partial charge is 0.347 e. The third-order valence-electron chi connectivity index (χ3n) is 2.24. The lowest BCUT2D eigenvalue weighted by molar-refractivity contribution is 0.0701. The molecule has 0 saturated carbocycles. The van der Waals surface area contributed by atoms with Crippen LogP contribution in [-0.2, 0) is 12.8 Å². The fourth-order valence-electron chi connectivity index (χ4n) is 1.50. The van der Waals surface area contributed by atoms with Crippen molar-refractivity contribution >= 4 is 28.6 Å². The van der Waals surface area contributed by atoms with Crippen LogP contribution >= 0.6 is 22.7 Å². The fraction of sp³-hybridized carbons (Fsp3) is 0.364. The Morgan fingerprint density at radius 2 is 2.18 bits per heavy atom. The molecule has 0 aromatic carbocycles. The van der Waals surface area contributed by atoms with Gasteiger partial charge in [-0.15, -0.1) is 22.7 Å². The number of rotatable bonds is 4.